The first kappa shape index (κ1) is 10.3. The molecule has 2 rings (SSSR count). The number of nitrogens with zero attached hydrogens (tertiary/aromatic N) is 2. The largest absolute Gasteiger partial charge is 0.370 e. The van der Waals surface area contributed by atoms with E-state index < -0.39 is 0 Å². The predicted molar refractivity (Wildman–Crippen MR) is 62.2 cm³/mol. The average Bonchev–Trinajstić information content (AvgIpc) is 2.81. The summed E-state index contributed by atoms with van der Waals surface area (Å²) in [6, 6.07) is 8.15. The Hall–Kier alpha value is -1.20. The van der Waals surface area contributed by atoms with E-state index >= 15 is 0 Å². The number of benzene rings is 1. The number of nitriles is 1. The molecule has 1 aromatic carbocycles. The SMILES string of the molecule is N#Cc1cc(CCl)ccc1N1CCCC1. The van der Waals surface area contributed by atoms with Crippen LogP contribution in [0.4, 0.5) is 5.69 Å². The Bertz CT molecular complexity index is 389. The summed E-state index contributed by atoms with van der Waals surface area (Å²) in [6.45, 7) is 2.13. The van der Waals surface area contributed by atoms with E-state index in [0.29, 0.717) is 5.88 Å². The van der Waals surface area contributed by atoms with E-state index in [2.05, 4.69) is 11.0 Å². The third kappa shape index (κ3) is 2.08. The van der Waals surface area contributed by atoms with Crippen molar-refractivity contribution < 1.29 is 0 Å². The number of alkyl halides is 1. The second kappa shape index (κ2) is 4.55. The third-order valence-corrected chi connectivity index (χ3v) is 3.09. The highest BCUT2D eigenvalue weighted by molar-refractivity contribution is 6.17. The maximum atomic E-state index is 9.08. The lowest BCUT2D eigenvalue weighted by atomic mass is 10.1. The molecule has 78 valence electrons. The summed E-state index contributed by atoms with van der Waals surface area (Å²) >= 11 is 5.74. The molecule has 1 aliphatic rings. The summed E-state index contributed by atoms with van der Waals surface area (Å²) < 4.78 is 0. The number of rotatable bonds is 2. The molecule has 3 heteroatoms. The lowest BCUT2D eigenvalue weighted by Crippen LogP contribution is -2.18. The molecule has 0 atom stereocenters. The molecule has 0 unspecified atom stereocenters. The molecule has 1 aliphatic heterocycles. The van der Waals surface area contributed by atoms with Crippen LogP contribution in [0.1, 0.15) is 24.0 Å². The fourth-order valence-electron chi connectivity index (χ4n) is 1.99. The first-order chi connectivity index (χ1) is 7.35. The van der Waals surface area contributed by atoms with E-state index in [1.54, 1.807) is 0 Å². The Balaban J connectivity index is 2.34. The van der Waals surface area contributed by atoms with Crippen molar-refractivity contribution in [3.05, 3.63) is 29.3 Å². The zero-order chi connectivity index (χ0) is 10.7. The summed E-state index contributed by atoms with van der Waals surface area (Å²) in [7, 11) is 0. The van der Waals surface area contributed by atoms with Gasteiger partial charge >= 0.3 is 0 Å². The van der Waals surface area contributed by atoms with Gasteiger partial charge in [0, 0.05) is 19.0 Å². The zero-order valence-electron chi connectivity index (χ0n) is 8.54. The maximum absolute atomic E-state index is 9.08. The molecule has 0 bridgehead atoms. The minimum atomic E-state index is 0.467. The number of hydrogen-bond acceptors (Lipinski definition) is 2. The molecule has 1 fully saturated rings. The quantitative estimate of drug-likeness (QED) is 0.717. The van der Waals surface area contributed by atoms with Gasteiger partial charge in [-0.2, -0.15) is 5.26 Å². The van der Waals surface area contributed by atoms with Gasteiger partial charge in [0.2, 0.25) is 0 Å². The van der Waals surface area contributed by atoms with Crippen molar-refractivity contribution in [2.45, 2.75) is 18.7 Å². The highest BCUT2D eigenvalue weighted by Gasteiger charge is 2.15. The molecule has 15 heavy (non-hydrogen) atoms. The van der Waals surface area contributed by atoms with Gasteiger partial charge in [0.1, 0.15) is 6.07 Å². The second-order valence-corrected chi connectivity index (χ2v) is 4.06. The van der Waals surface area contributed by atoms with E-state index in [-0.39, 0.29) is 0 Å². The lowest BCUT2D eigenvalue weighted by molar-refractivity contribution is 0.949. The fourth-order valence-corrected chi connectivity index (χ4v) is 2.16. The molecule has 1 saturated heterocycles. The van der Waals surface area contributed by atoms with Crippen molar-refractivity contribution in [3.63, 3.8) is 0 Å². The van der Waals surface area contributed by atoms with Gasteiger partial charge in [-0.15, -0.1) is 11.6 Å². The zero-order valence-corrected chi connectivity index (χ0v) is 9.30. The topological polar surface area (TPSA) is 27.0 Å². The van der Waals surface area contributed by atoms with E-state index in [4.69, 9.17) is 16.9 Å². The highest BCUT2D eigenvalue weighted by atomic mass is 35.5. The molecule has 0 saturated carbocycles. The Labute approximate surface area is 95.1 Å². The average molecular weight is 221 g/mol. The molecule has 2 nitrogen and oxygen atoms in total. The van der Waals surface area contributed by atoms with Crippen molar-refractivity contribution in [1.29, 1.82) is 5.26 Å². The van der Waals surface area contributed by atoms with Gasteiger partial charge in [-0.3, -0.25) is 0 Å². The molecule has 0 spiro atoms. The van der Waals surface area contributed by atoms with Crippen LogP contribution in [0.2, 0.25) is 0 Å². The van der Waals surface area contributed by atoms with Gasteiger partial charge in [-0.1, -0.05) is 6.07 Å². The molecule has 1 aromatic rings. The first-order valence-electron chi connectivity index (χ1n) is 5.19. The molecular formula is C12H13ClN2. The molecule has 0 aromatic heterocycles. The van der Waals surface area contributed by atoms with Crippen molar-refractivity contribution in [3.8, 4) is 6.07 Å². The Morgan fingerprint density at radius 2 is 2.07 bits per heavy atom. The Kier molecular flexibility index (Phi) is 3.13. The van der Waals surface area contributed by atoms with Crippen molar-refractivity contribution in [1.82, 2.24) is 0 Å². The van der Waals surface area contributed by atoms with E-state index in [1.165, 1.54) is 12.8 Å². The smallest absolute Gasteiger partial charge is 0.101 e. The monoisotopic (exact) mass is 220 g/mol. The van der Waals surface area contributed by atoms with Crippen LogP contribution in [0.5, 0.6) is 0 Å². The molecule has 0 N–H and O–H groups in total. The summed E-state index contributed by atoms with van der Waals surface area (Å²) in [5, 5.41) is 9.08. The summed E-state index contributed by atoms with van der Waals surface area (Å²) in [5.74, 6) is 0.467. The summed E-state index contributed by atoms with van der Waals surface area (Å²) in [4.78, 5) is 2.27. The lowest BCUT2D eigenvalue weighted by Gasteiger charge is -2.19. The van der Waals surface area contributed by atoms with Crippen LogP contribution in [0.25, 0.3) is 0 Å². The maximum Gasteiger partial charge on any atom is 0.101 e. The standard InChI is InChI=1S/C12H13ClN2/c13-8-10-3-4-12(11(7-10)9-14)15-5-1-2-6-15/h3-4,7H,1-2,5-6,8H2. The fraction of sp³-hybridized carbons (Fsp3) is 0.417. The highest BCUT2D eigenvalue weighted by Crippen LogP contribution is 2.25. The van der Waals surface area contributed by atoms with E-state index in [9.17, 15) is 0 Å². The normalized spacial score (nSPS) is 15.3. The predicted octanol–water partition coefficient (Wildman–Crippen LogP) is 2.90. The molecule has 1 heterocycles. The number of halogens is 1. The van der Waals surface area contributed by atoms with E-state index in [0.717, 1.165) is 29.9 Å². The van der Waals surface area contributed by atoms with Crippen LogP contribution in [-0.4, -0.2) is 13.1 Å². The number of anilines is 1. The summed E-state index contributed by atoms with van der Waals surface area (Å²) in [6.07, 6.45) is 2.45. The van der Waals surface area contributed by atoms with Gasteiger partial charge in [-0.05, 0) is 30.5 Å². The van der Waals surface area contributed by atoms with Crippen molar-refractivity contribution in [2.24, 2.45) is 0 Å². The van der Waals surface area contributed by atoms with Crippen LogP contribution in [-0.2, 0) is 5.88 Å². The summed E-state index contributed by atoms with van der Waals surface area (Å²) in [5.41, 5.74) is 2.81. The first-order valence-corrected chi connectivity index (χ1v) is 5.72. The van der Waals surface area contributed by atoms with Crippen LogP contribution in [0.15, 0.2) is 18.2 Å². The molecule has 0 aliphatic carbocycles. The van der Waals surface area contributed by atoms with Crippen molar-refractivity contribution in [2.75, 3.05) is 18.0 Å². The van der Waals surface area contributed by atoms with Gasteiger partial charge in [-0.25, -0.2) is 0 Å². The minimum Gasteiger partial charge on any atom is -0.370 e. The van der Waals surface area contributed by atoms with Crippen LogP contribution in [0, 0.1) is 11.3 Å². The van der Waals surface area contributed by atoms with Crippen LogP contribution >= 0.6 is 11.6 Å². The minimum absolute atomic E-state index is 0.467. The van der Waals surface area contributed by atoms with Gasteiger partial charge in [0.15, 0.2) is 0 Å². The second-order valence-electron chi connectivity index (χ2n) is 3.79. The molecule has 0 radical (unpaired) electrons. The van der Waals surface area contributed by atoms with Gasteiger partial charge in [0.25, 0.3) is 0 Å². The van der Waals surface area contributed by atoms with Crippen LogP contribution < -0.4 is 4.90 Å². The number of hydrogen-bond donors (Lipinski definition) is 0. The van der Waals surface area contributed by atoms with Gasteiger partial charge in [0.05, 0.1) is 11.3 Å². The molecule has 0 amide bonds. The van der Waals surface area contributed by atoms with Gasteiger partial charge < -0.3 is 4.90 Å². The third-order valence-electron chi connectivity index (χ3n) is 2.78. The molecular weight excluding hydrogens is 208 g/mol. The Morgan fingerprint density at radius 1 is 1.33 bits per heavy atom. The Morgan fingerprint density at radius 3 is 2.67 bits per heavy atom. The van der Waals surface area contributed by atoms with Crippen molar-refractivity contribution >= 4 is 17.3 Å². The van der Waals surface area contributed by atoms with E-state index in [1.807, 2.05) is 18.2 Å². The van der Waals surface area contributed by atoms with Crippen LogP contribution in [0.3, 0.4) is 0 Å².